The van der Waals surface area contributed by atoms with Gasteiger partial charge in [-0.1, -0.05) is 15.9 Å². The molecule has 1 rings (SSSR count). The summed E-state index contributed by atoms with van der Waals surface area (Å²) in [5, 5.41) is 0.248. The number of benzene rings is 1. The van der Waals surface area contributed by atoms with Gasteiger partial charge in [-0.05, 0) is 24.6 Å². The highest BCUT2D eigenvalue weighted by atomic mass is 79.9. The summed E-state index contributed by atoms with van der Waals surface area (Å²) in [6.07, 6.45) is 0.684. The van der Waals surface area contributed by atoms with Gasteiger partial charge in [-0.15, -0.1) is 0 Å². The van der Waals surface area contributed by atoms with Crippen LogP contribution in [0.4, 0.5) is 0 Å². The average molecular weight is 271 g/mol. The third-order valence-corrected chi connectivity index (χ3v) is 2.63. The maximum Gasteiger partial charge on any atom is 0.173 e. The summed E-state index contributed by atoms with van der Waals surface area (Å²) in [6.45, 7) is 1.81. The average Bonchev–Trinajstić information content (AvgIpc) is 2.27. The number of hydrogen-bond donors (Lipinski definition) is 0. The third kappa shape index (κ3) is 2.45. The maximum atomic E-state index is 11.5. The lowest BCUT2D eigenvalue weighted by Crippen LogP contribution is -2.05. The van der Waals surface area contributed by atoms with Crippen molar-refractivity contribution in [2.45, 2.75) is 6.92 Å². The number of ether oxygens (including phenoxy) is 1. The molecule has 0 amide bonds. The monoisotopic (exact) mass is 270 g/mol. The molecule has 0 aliphatic carbocycles. The van der Waals surface area contributed by atoms with Gasteiger partial charge in [0.25, 0.3) is 0 Å². The zero-order chi connectivity index (χ0) is 11.4. The van der Waals surface area contributed by atoms with E-state index in [0.29, 0.717) is 23.2 Å². The minimum Gasteiger partial charge on any atom is -0.496 e. The predicted molar refractivity (Wildman–Crippen MR) is 61.2 cm³/mol. The summed E-state index contributed by atoms with van der Waals surface area (Å²) < 4.78 is 5.03. The van der Waals surface area contributed by atoms with Crippen LogP contribution < -0.4 is 4.74 Å². The van der Waals surface area contributed by atoms with Gasteiger partial charge >= 0.3 is 0 Å². The minimum atomic E-state index is -0.0433. The van der Waals surface area contributed by atoms with Gasteiger partial charge in [-0.2, -0.15) is 0 Å². The first-order valence-corrected chi connectivity index (χ1v) is 5.49. The standard InChI is InChI=1S/C11H11BrO3/c1-7-3-11(15-2)8(6-13)4-9(7)10(14)5-12/h3-4,6H,5H2,1-2H3. The molecule has 0 atom stereocenters. The summed E-state index contributed by atoms with van der Waals surface area (Å²) in [6, 6.07) is 3.25. The van der Waals surface area contributed by atoms with E-state index in [1.807, 2.05) is 6.92 Å². The lowest BCUT2D eigenvalue weighted by atomic mass is 10.0. The van der Waals surface area contributed by atoms with Crippen LogP contribution in [0.2, 0.25) is 0 Å². The molecule has 0 bridgehead atoms. The molecule has 1 aromatic rings. The van der Waals surface area contributed by atoms with Gasteiger partial charge in [0.1, 0.15) is 5.75 Å². The Morgan fingerprint density at radius 2 is 2.20 bits per heavy atom. The Balaban J connectivity index is 3.31. The van der Waals surface area contributed by atoms with Crippen molar-refractivity contribution in [3.8, 4) is 5.75 Å². The van der Waals surface area contributed by atoms with Crippen LogP contribution in [0.1, 0.15) is 26.3 Å². The summed E-state index contributed by atoms with van der Waals surface area (Å²) in [5.74, 6) is 0.451. The molecule has 4 heteroatoms. The zero-order valence-electron chi connectivity index (χ0n) is 8.54. The van der Waals surface area contributed by atoms with Crippen LogP contribution in [0.25, 0.3) is 0 Å². The molecule has 0 saturated heterocycles. The maximum absolute atomic E-state index is 11.5. The second kappa shape index (κ2) is 5.07. The largest absolute Gasteiger partial charge is 0.496 e. The fourth-order valence-corrected chi connectivity index (χ4v) is 1.64. The first kappa shape index (κ1) is 11.9. The summed E-state index contributed by atoms with van der Waals surface area (Å²) in [5.41, 5.74) is 1.75. The van der Waals surface area contributed by atoms with Crippen LogP contribution in [0, 0.1) is 6.92 Å². The second-order valence-corrected chi connectivity index (χ2v) is 3.64. The Morgan fingerprint density at radius 1 is 1.53 bits per heavy atom. The number of ketones is 1. The van der Waals surface area contributed by atoms with E-state index >= 15 is 0 Å². The van der Waals surface area contributed by atoms with Gasteiger partial charge < -0.3 is 4.74 Å². The van der Waals surface area contributed by atoms with E-state index in [4.69, 9.17) is 4.74 Å². The van der Waals surface area contributed by atoms with Gasteiger partial charge in [-0.25, -0.2) is 0 Å². The van der Waals surface area contributed by atoms with Crippen LogP contribution in [-0.2, 0) is 0 Å². The normalized spacial score (nSPS) is 9.80. The van der Waals surface area contributed by atoms with Crippen molar-refractivity contribution in [2.24, 2.45) is 0 Å². The molecule has 0 aliphatic rings. The highest BCUT2D eigenvalue weighted by Gasteiger charge is 2.12. The number of methoxy groups -OCH3 is 1. The minimum absolute atomic E-state index is 0.0433. The van der Waals surface area contributed by atoms with Gasteiger partial charge in [-0.3, -0.25) is 9.59 Å². The van der Waals surface area contributed by atoms with Crippen molar-refractivity contribution in [2.75, 3.05) is 12.4 Å². The molecule has 1 aromatic carbocycles. The molecule has 0 aliphatic heterocycles. The fraction of sp³-hybridized carbons (Fsp3) is 0.273. The van der Waals surface area contributed by atoms with Gasteiger partial charge in [0, 0.05) is 5.56 Å². The highest BCUT2D eigenvalue weighted by Crippen LogP contribution is 2.22. The Hall–Kier alpha value is -1.16. The number of Topliss-reactive ketones (excluding diaryl/α,β-unsaturated/α-hetero) is 1. The van der Waals surface area contributed by atoms with Crippen LogP contribution in [-0.4, -0.2) is 24.5 Å². The highest BCUT2D eigenvalue weighted by molar-refractivity contribution is 9.09. The van der Waals surface area contributed by atoms with Crippen molar-refractivity contribution in [3.63, 3.8) is 0 Å². The molecule has 0 aromatic heterocycles. The molecule has 15 heavy (non-hydrogen) atoms. The van der Waals surface area contributed by atoms with Crippen molar-refractivity contribution in [1.82, 2.24) is 0 Å². The number of aryl methyl sites for hydroxylation is 1. The number of rotatable bonds is 4. The molecule has 0 spiro atoms. The fourth-order valence-electron chi connectivity index (χ4n) is 1.34. The smallest absolute Gasteiger partial charge is 0.173 e. The number of carbonyl (C=O) groups excluding carboxylic acids is 2. The van der Waals surface area contributed by atoms with Crippen LogP contribution >= 0.6 is 15.9 Å². The van der Waals surface area contributed by atoms with E-state index in [9.17, 15) is 9.59 Å². The van der Waals surface area contributed by atoms with Gasteiger partial charge in [0.05, 0.1) is 18.0 Å². The number of alkyl halides is 1. The SMILES string of the molecule is COc1cc(C)c(C(=O)CBr)cc1C=O. The molecule has 3 nitrogen and oxygen atoms in total. The Bertz CT molecular complexity index is 399. The Labute approximate surface area is 96.6 Å². The molecule has 0 heterocycles. The van der Waals surface area contributed by atoms with E-state index < -0.39 is 0 Å². The van der Waals surface area contributed by atoms with Crippen LogP contribution in [0.15, 0.2) is 12.1 Å². The van der Waals surface area contributed by atoms with Gasteiger partial charge in [0.15, 0.2) is 12.1 Å². The molecule has 80 valence electrons. The summed E-state index contributed by atoms with van der Waals surface area (Å²) in [4.78, 5) is 22.3. The zero-order valence-corrected chi connectivity index (χ0v) is 10.1. The van der Waals surface area contributed by atoms with Crippen molar-refractivity contribution in [3.05, 3.63) is 28.8 Å². The number of aldehydes is 1. The lowest BCUT2D eigenvalue weighted by Gasteiger charge is -2.08. The molecular formula is C11H11BrO3. The van der Waals surface area contributed by atoms with Crippen LogP contribution in [0.3, 0.4) is 0 Å². The summed E-state index contributed by atoms with van der Waals surface area (Å²) in [7, 11) is 1.49. The number of halogens is 1. The Morgan fingerprint density at radius 3 is 2.67 bits per heavy atom. The molecule has 0 N–H and O–H groups in total. The Kier molecular flexibility index (Phi) is 4.03. The molecule has 0 fully saturated rings. The van der Waals surface area contributed by atoms with Crippen LogP contribution in [0.5, 0.6) is 5.75 Å². The molecule has 0 unspecified atom stereocenters. The number of hydrogen-bond acceptors (Lipinski definition) is 3. The van der Waals surface area contributed by atoms with Crippen molar-refractivity contribution >= 4 is 28.0 Å². The molecule has 0 radical (unpaired) electrons. The lowest BCUT2D eigenvalue weighted by molar-refractivity contribution is 0.102. The first-order valence-electron chi connectivity index (χ1n) is 4.37. The quantitative estimate of drug-likeness (QED) is 0.479. The first-order chi connectivity index (χ1) is 7.13. The van der Waals surface area contributed by atoms with Crippen molar-refractivity contribution in [1.29, 1.82) is 0 Å². The third-order valence-electron chi connectivity index (χ3n) is 2.13. The van der Waals surface area contributed by atoms with Gasteiger partial charge in [0.2, 0.25) is 0 Å². The van der Waals surface area contributed by atoms with E-state index in [2.05, 4.69) is 15.9 Å². The molecule has 0 saturated carbocycles. The predicted octanol–water partition coefficient (Wildman–Crippen LogP) is 2.39. The van der Waals surface area contributed by atoms with E-state index in [1.165, 1.54) is 7.11 Å². The van der Waals surface area contributed by atoms with E-state index in [0.717, 1.165) is 5.56 Å². The van der Waals surface area contributed by atoms with E-state index in [-0.39, 0.29) is 11.1 Å². The topological polar surface area (TPSA) is 43.4 Å². The van der Waals surface area contributed by atoms with Crippen molar-refractivity contribution < 1.29 is 14.3 Å². The molecular weight excluding hydrogens is 260 g/mol. The second-order valence-electron chi connectivity index (χ2n) is 3.08. The number of carbonyl (C=O) groups is 2. The summed E-state index contributed by atoms with van der Waals surface area (Å²) >= 11 is 3.10. The van der Waals surface area contributed by atoms with E-state index in [1.54, 1.807) is 12.1 Å².